The van der Waals surface area contributed by atoms with E-state index in [2.05, 4.69) is 20.4 Å². The summed E-state index contributed by atoms with van der Waals surface area (Å²) in [4.78, 5) is 25.6. The van der Waals surface area contributed by atoms with Gasteiger partial charge in [0.15, 0.2) is 5.13 Å². The van der Waals surface area contributed by atoms with E-state index in [0.29, 0.717) is 23.9 Å². The maximum absolute atomic E-state index is 11.0. The van der Waals surface area contributed by atoms with Crippen molar-refractivity contribution in [1.82, 2.24) is 10.3 Å². The number of ether oxygens (including phenoxy) is 1. The molecule has 0 fully saturated rings. The predicted octanol–water partition coefficient (Wildman–Crippen LogP) is -0.0612. The first-order chi connectivity index (χ1) is 8.11. The number of rotatable bonds is 6. The molecule has 0 aromatic carbocycles. The third kappa shape index (κ3) is 5.16. The maximum atomic E-state index is 11.0. The number of hydrogen-bond donors (Lipinski definition) is 3. The van der Waals surface area contributed by atoms with Crippen molar-refractivity contribution in [2.75, 3.05) is 25.5 Å². The van der Waals surface area contributed by atoms with Gasteiger partial charge in [0.2, 0.25) is 0 Å². The zero-order valence-corrected chi connectivity index (χ0v) is 10.2. The van der Waals surface area contributed by atoms with Gasteiger partial charge in [0.1, 0.15) is 0 Å². The van der Waals surface area contributed by atoms with Crippen molar-refractivity contribution in [2.45, 2.75) is 6.42 Å². The van der Waals surface area contributed by atoms with Crippen molar-refractivity contribution >= 4 is 28.5 Å². The van der Waals surface area contributed by atoms with E-state index in [1.54, 1.807) is 5.38 Å². The zero-order chi connectivity index (χ0) is 12.7. The quantitative estimate of drug-likeness (QED) is 0.489. The summed E-state index contributed by atoms with van der Waals surface area (Å²) in [6.07, 6.45) is 0.161. The van der Waals surface area contributed by atoms with Gasteiger partial charge < -0.3 is 21.1 Å². The van der Waals surface area contributed by atoms with Crippen LogP contribution in [-0.2, 0) is 16.0 Å². The Bertz CT molecular complexity index is 393. The molecule has 4 N–H and O–H groups in total. The van der Waals surface area contributed by atoms with Crippen molar-refractivity contribution in [3.05, 3.63) is 11.1 Å². The second kappa shape index (κ2) is 6.69. The fraction of sp³-hybridized carbons (Fsp3) is 0.444. The minimum atomic E-state index is -0.558. The molecule has 7 nitrogen and oxygen atoms in total. The third-order valence-corrected chi connectivity index (χ3v) is 2.65. The highest BCUT2D eigenvalue weighted by Gasteiger charge is 2.07. The van der Waals surface area contributed by atoms with Gasteiger partial charge >= 0.3 is 12.0 Å². The van der Waals surface area contributed by atoms with Gasteiger partial charge in [-0.25, -0.2) is 9.78 Å². The first kappa shape index (κ1) is 13.2. The Kier molecular flexibility index (Phi) is 5.21. The molecule has 0 aliphatic carbocycles. The number of carbonyl (C=O) groups excluding carboxylic acids is 2. The Labute approximate surface area is 102 Å². The van der Waals surface area contributed by atoms with E-state index in [9.17, 15) is 9.59 Å². The molecule has 1 heterocycles. The summed E-state index contributed by atoms with van der Waals surface area (Å²) in [5.74, 6) is -0.322. The molecule has 0 spiro atoms. The minimum Gasteiger partial charge on any atom is -0.469 e. The van der Waals surface area contributed by atoms with Gasteiger partial charge in [-0.2, -0.15) is 0 Å². The lowest BCUT2D eigenvalue weighted by Crippen LogP contribution is -2.33. The summed E-state index contributed by atoms with van der Waals surface area (Å²) in [7, 11) is 1.34. The molecule has 0 radical (unpaired) electrons. The summed E-state index contributed by atoms with van der Waals surface area (Å²) in [6, 6.07) is -0.558. The number of amides is 2. The van der Waals surface area contributed by atoms with Crippen molar-refractivity contribution in [2.24, 2.45) is 5.73 Å². The predicted molar refractivity (Wildman–Crippen MR) is 63.9 cm³/mol. The van der Waals surface area contributed by atoms with Gasteiger partial charge in [0.25, 0.3) is 0 Å². The van der Waals surface area contributed by atoms with Crippen LogP contribution in [0.15, 0.2) is 5.38 Å². The van der Waals surface area contributed by atoms with Crippen LogP contribution >= 0.6 is 11.3 Å². The molecular formula is C9H14N4O3S. The van der Waals surface area contributed by atoms with Crippen molar-refractivity contribution in [3.8, 4) is 0 Å². The van der Waals surface area contributed by atoms with E-state index < -0.39 is 6.03 Å². The third-order valence-electron chi connectivity index (χ3n) is 1.81. The van der Waals surface area contributed by atoms with Gasteiger partial charge in [-0.05, 0) is 0 Å². The number of hydrogen-bond acceptors (Lipinski definition) is 6. The number of carbonyl (C=O) groups is 2. The van der Waals surface area contributed by atoms with E-state index in [-0.39, 0.29) is 12.4 Å². The van der Waals surface area contributed by atoms with Crippen LogP contribution in [0.1, 0.15) is 5.69 Å². The average molecular weight is 258 g/mol. The van der Waals surface area contributed by atoms with Crippen LogP contribution in [0.4, 0.5) is 9.93 Å². The number of nitrogens with two attached hydrogens (primary N) is 1. The molecule has 94 valence electrons. The SMILES string of the molecule is COC(=O)Cc1csc(NCCNC(N)=O)n1. The smallest absolute Gasteiger partial charge is 0.312 e. The number of methoxy groups -OCH3 is 1. The van der Waals surface area contributed by atoms with E-state index >= 15 is 0 Å². The van der Waals surface area contributed by atoms with E-state index in [0.717, 1.165) is 0 Å². The number of nitrogens with zero attached hydrogens (tertiary/aromatic N) is 1. The Hall–Kier alpha value is -1.83. The van der Waals surface area contributed by atoms with Gasteiger partial charge in [-0.15, -0.1) is 11.3 Å². The van der Waals surface area contributed by atoms with Crippen LogP contribution in [0.2, 0.25) is 0 Å². The van der Waals surface area contributed by atoms with Gasteiger partial charge in [0, 0.05) is 18.5 Å². The Morgan fingerprint density at radius 2 is 2.29 bits per heavy atom. The fourth-order valence-corrected chi connectivity index (χ4v) is 1.78. The highest BCUT2D eigenvalue weighted by atomic mass is 32.1. The standard InChI is InChI=1S/C9H14N4O3S/c1-16-7(14)4-6-5-17-9(13-6)12-3-2-11-8(10)15/h5H,2-4H2,1H3,(H,12,13)(H3,10,11,15). The molecule has 1 aromatic heterocycles. The molecule has 0 saturated heterocycles. The topological polar surface area (TPSA) is 106 Å². The van der Waals surface area contributed by atoms with Crippen molar-refractivity contribution < 1.29 is 14.3 Å². The highest BCUT2D eigenvalue weighted by Crippen LogP contribution is 2.15. The van der Waals surface area contributed by atoms with Crippen LogP contribution in [-0.4, -0.2) is 37.2 Å². The van der Waals surface area contributed by atoms with Gasteiger partial charge in [-0.1, -0.05) is 0 Å². The molecule has 0 aliphatic rings. The summed E-state index contributed by atoms with van der Waals surface area (Å²) in [6.45, 7) is 0.940. The molecule has 2 amide bonds. The lowest BCUT2D eigenvalue weighted by Gasteiger charge is -2.02. The number of thiazole rings is 1. The monoisotopic (exact) mass is 258 g/mol. The number of anilines is 1. The molecule has 8 heteroatoms. The van der Waals surface area contributed by atoms with Crippen LogP contribution in [0.25, 0.3) is 0 Å². The number of primary amides is 1. The Balaban J connectivity index is 2.30. The summed E-state index contributed by atoms with van der Waals surface area (Å²) < 4.78 is 4.53. The van der Waals surface area contributed by atoms with E-state index in [1.807, 2.05) is 0 Å². The number of nitrogens with one attached hydrogen (secondary N) is 2. The summed E-state index contributed by atoms with van der Waals surface area (Å²) in [5, 5.41) is 7.91. The average Bonchev–Trinajstić information content (AvgIpc) is 2.72. The molecule has 17 heavy (non-hydrogen) atoms. The molecule has 0 bridgehead atoms. The minimum absolute atomic E-state index is 0.161. The number of urea groups is 1. The lowest BCUT2D eigenvalue weighted by molar-refractivity contribution is -0.139. The molecular weight excluding hydrogens is 244 g/mol. The summed E-state index contributed by atoms with van der Waals surface area (Å²) >= 11 is 1.39. The second-order valence-corrected chi connectivity index (χ2v) is 3.97. The van der Waals surface area contributed by atoms with Crippen molar-refractivity contribution in [3.63, 3.8) is 0 Å². The molecule has 0 unspecified atom stereocenters. The summed E-state index contributed by atoms with van der Waals surface area (Å²) in [5.41, 5.74) is 5.56. The van der Waals surface area contributed by atoms with Gasteiger partial charge in [-0.3, -0.25) is 4.79 Å². The maximum Gasteiger partial charge on any atom is 0.312 e. The normalized spacial score (nSPS) is 9.71. The number of esters is 1. The lowest BCUT2D eigenvalue weighted by atomic mass is 10.3. The van der Waals surface area contributed by atoms with Crippen LogP contribution in [0, 0.1) is 0 Å². The molecule has 0 atom stereocenters. The number of aromatic nitrogens is 1. The largest absolute Gasteiger partial charge is 0.469 e. The fourth-order valence-electron chi connectivity index (χ4n) is 1.04. The Morgan fingerprint density at radius 3 is 2.94 bits per heavy atom. The zero-order valence-electron chi connectivity index (χ0n) is 9.36. The first-order valence-electron chi connectivity index (χ1n) is 4.90. The van der Waals surface area contributed by atoms with Crippen LogP contribution < -0.4 is 16.4 Å². The Morgan fingerprint density at radius 1 is 1.53 bits per heavy atom. The van der Waals surface area contributed by atoms with Crippen LogP contribution in [0.5, 0.6) is 0 Å². The van der Waals surface area contributed by atoms with Crippen LogP contribution in [0.3, 0.4) is 0 Å². The van der Waals surface area contributed by atoms with Crippen molar-refractivity contribution in [1.29, 1.82) is 0 Å². The molecule has 0 aliphatic heterocycles. The van der Waals surface area contributed by atoms with E-state index in [4.69, 9.17) is 5.73 Å². The second-order valence-electron chi connectivity index (χ2n) is 3.11. The van der Waals surface area contributed by atoms with E-state index in [1.165, 1.54) is 18.4 Å². The molecule has 1 rings (SSSR count). The highest BCUT2D eigenvalue weighted by molar-refractivity contribution is 7.13. The first-order valence-corrected chi connectivity index (χ1v) is 5.78. The molecule has 0 saturated carbocycles. The van der Waals surface area contributed by atoms with Gasteiger partial charge in [0.05, 0.1) is 19.2 Å². The molecule has 1 aromatic rings.